The molecule has 4 nitrogen and oxygen atoms in total. The third kappa shape index (κ3) is 3.22. The lowest BCUT2D eigenvalue weighted by Gasteiger charge is -2.01. The SMILES string of the molecule is C=c1[nH]n(-c2ccc(C)cc2)c(=O)c1=CNc1ccc(Cl)cc1. The molecule has 1 aromatic heterocycles. The van der Waals surface area contributed by atoms with Gasteiger partial charge in [0.25, 0.3) is 5.56 Å². The highest BCUT2D eigenvalue weighted by atomic mass is 35.5. The van der Waals surface area contributed by atoms with Gasteiger partial charge < -0.3 is 5.32 Å². The van der Waals surface area contributed by atoms with Crippen LogP contribution in [0.1, 0.15) is 5.56 Å². The Kier molecular flexibility index (Phi) is 4.08. The number of aromatic amines is 1. The van der Waals surface area contributed by atoms with Crippen LogP contribution in [0.4, 0.5) is 5.69 Å². The van der Waals surface area contributed by atoms with E-state index in [0.717, 1.165) is 16.9 Å². The number of aryl methyl sites for hydroxylation is 1. The Hall–Kier alpha value is -2.72. The van der Waals surface area contributed by atoms with Crippen LogP contribution in [0.25, 0.3) is 18.5 Å². The summed E-state index contributed by atoms with van der Waals surface area (Å²) in [6.07, 6.45) is 1.65. The second kappa shape index (κ2) is 6.18. The second-order valence-corrected chi connectivity index (χ2v) is 5.71. The van der Waals surface area contributed by atoms with Gasteiger partial charge in [-0.25, -0.2) is 4.68 Å². The molecule has 0 bridgehead atoms. The fourth-order valence-electron chi connectivity index (χ4n) is 2.22. The van der Waals surface area contributed by atoms with Gasteiger partial charge in [0.1, 0.15) is 0 Å². The van der Waals surface area contributed by atoms with Crippen molar-refractivity contribution in [3.8, 4) is 5.69 Å². The van der Waals surface area contributed by atoms with E-state index in [1.54, 1.807) is 18.3 Å². The van der Waals surface area contributed by atoms with Crippen LogP contribution in [0.3, 0.4) is 0 Å². The zero-order chi connectivity index (χ0) is 16.4. The largest absolute Gasteiger partial charge is 0.361 e. The summed E-state index contributed by atoms with van der Waals surface area (Å²) in [5.74, 6) is 0. The Labute approximate surface area is 138 Å². The van der Waals surface area contributed by atoms with Gasteiger partial charge in [-0.2, -0.15) is 0 Å². The Balaban J connectivity index is 1.99. The van der Waals surface area contributed by atoms with Crippen LogP contribution in [-0.2, 0) is 0 Å². The van der Waals surface area contributed by atoms with Crippen molar-refractivity contribution >= 4 is 30.1 Å². The number of rotatable bonds is 3. The molecule has 0 unspecified atom stereocenters. The number of nitrogens with zero attached hydrogens (tertiary/aromatic N) is 1. The molecular weight excluding hydrogens is 310 g/mol. The van der Waals surface area contributed by atoms with Crippen molar-refractivity contribution in [3.05, 3.63) is 80.0 Å². The molecule has 0 saturated heterocycles. The molecule has 0 radical (unpaired) electrons. The number of halogens is 1. The van der Waals surface area contributed by atoms with Crippen LogP contribution in [0, 0.1) is 6.92 Å². The maximum atomic E-state index is 12.5. The summed E-state index contributed by atoms with van der Waals surface area (Å²) in [5, 5.41) is 7.78. The van der Waals surface area contributed by atoms with Gasteiger partial charge in [-0.15, -0.1) is 0 Å². The molecule has 0 aliphatic heterocycles. The van der Waals surface area contributed by atoms with Gasteiger partial charge in [-0.1, -0.05) is 35.9 Å². The molecule has 3 rings (SSSR count). The van der Waals surface area contributed by atoms with Crippen LogP contribution in [0.15, 0.2) is 53.3 Å². The molecule has 23 heavy (non-hydrogen) atoms. The molecule has 1 heterocycles. The molecule has 0 atom stereocenters. The fourth-order valence-corrected chi connectivity index (χ4v) is 2.35. The first-order valence-electron chi connectivity index (χ1n) is 7.14. The molecule has 0 fully saturated rings. The summed E-state index contributed by atoms with van der Waals surface area (Å²) >= 11 is 5.86. The number of hydrogen-bond donors (Lipinski definition) is 2. The summed E-state index contributed by atoms with van der Waals surface area (Å²) < 4.78 is 1.48. The van der Waals surface area contributed by atoms with Gasteiger partial charge in [-0.05, 0) is 43.3 Å². The Bertz CT molecular complexity index is 983. The molecule has 2 N–H and O–H groups in total. The smallest absolute Gasteiger partial charge is 0.280 e. The van der Waals surface area contributed by atoms with E-state index in [9.17, 15) is 4.79 Å². The number of aromatic nitrogens is 2. The van der Waals surface area contributed by atoms with Crippen LogP contribution in [0.2, 0.25) is 5.02 Å². The predicted octanol–water partition coefficient (Wildman–Crippen LogP) is 2.39. The topological polar surface area (TPSA) is 49.8 Å². The molecule has 0 saturated carbocycles. The van der Waals surface area contributed by atoms with Gasteiger partial charge in [0, 0.05) is 16.9 Å². The standard InChI is InChI=1S/C18H16ClN3O/c1-12-3-9-16(10-4-12)22-18(23)17(13(2)21-22)11-20-15-7-5-14(19)6-8-15/h3-11,20-21H,2H2,1H3. The summed E-state index contributed by atoms with van der Waals surface area (Å²) in [6.45, 7) is 5.91. The van der Waals surface area contributed by atoms with Gasteiger partial charge in [0.2, 0.25) is 0 Å². The first kappa shape index (κ1) is 15.2. The highest BCUT2D eigenvalue weighted by Gasteiger charge is 2.04. The van der Waals surface area contributed by atoms with E-state index in [-0.39, 0.29) is 5.56 Å². The van der Waals surface area contributed by atoms with Crippen LogP contribution in [-0.4, -0.2) is 9.78 Å². The number of nitrogens with one attached hydrogen (secondary N) is 2. The highest BCUT2D eigenvalue weighted by molar-refractivity contribution is 6.30. The molecular formula is C18H16ClN3O. The van der Waals surface area contributed by atoms with E-state index in [4.69, 9.17) is 11.6 Å². The van der Waals surface area contributed by atoms with Gasteiger partial charge in [0.15, 0.2) is 0 Å². The maximum Gasteiger partial charge on any atom is 0.280 e. The first-order valence-corrected chi connectivity index (χ1v) is 7.52. The Morgan fingerprint density at radius 3 is 2.43 bits per heavy atom. The van der Waals surface area contributed by atoms with E-state index in [1.807, 2.05) is 43.3 Å². The molecule has 0 aliphatic rings. The minimum Gasteiger partial charge on any atom is -0.361 e. The average molecular weight is 326 g/mol. The number of hydrogen-bond acceptors (Lipinski definition) is 2. The lowest BCUT2D eigenvalue weighted by molar-refractivity contribution is 0.838. The molecule has 116 valence electrons. The van der Waals surface area contributed by atoms with Crippen molar-refractivity contribution < 1.29 is 0 Å². The minimum atomic E-state index is -0.152. The van der Waals surface area contributed by atoms with E-state index >= 15 is 0 Å². The second-order valence-electron chi connectivity index (χ2n) is 5.28. The number of benzene rings is 2. The van der Waals surface area contributed by atoms with E-state index < -0.39 is 0 Å². The van der Waals surface area contributed by atoms with E-state index in [2.05, 4.69) is 17.0 Å². The minimum absolute atomic E-state index is 0.152. The lowest BCUT2D eigenvalue weighted by Crippen LogP contribution is -2.34. The van der Waals surface area contributed by atoms with Crippen LogP contribution < -0.4 is 21.4 Å². The van der Waals surface area contributed by atoms with Crippen molar-refractivity contribution in [1.29, 1.82) is 0 Å². The molecule has 0 spiro atoms. The van der Waals surface area contributed by atoms with Crippen molar-refractivity contribution in [1.82, 2.24) is 9.78 Å². The normalized spacial score (nSPS) is 11.7. The first-order chi connectivity index (χ1) is 11.0. The van der Waals surface area contributed by atoms with E-state index in [0.29, 0.717) is 15.6 Å². The molecule has 2 aromatic carbocycles. The third-order valence-electron chi connectivity index (χ3n) is 3.52. The summed E-state index contributed by atoms with van der Waals surface area (Å²) in [6, 6.07) is 14.9. The van der Waals surface area contributed by atoms with Gasteiger partial charge in [-0.3, -0.25) is 9.89 Å². The average Bonchev–Trinajstić information content (AvgIpc) is 2.82. The van der Waals surface area contributed by atoms with Crippen LogP contribution >= 0.6 is 11.6 Å². The van der Waals surface area contributed by atoms with Crippen molar-refractivity contribution in [2.75, 3.05) is 5.32 Å². The highest BCUT2D eigenvalue weighted by Crippen LogP contribution is 2.12. The zero-order valence-electron chi connectivity index (χ0n) is 12.6. The van der Waals surface area contributed by atoms with Gasteiger partial charge in [0.05, 0.1) is 16.3 Å². The molecule has 0 aliphatic carbocycles. The number of anilines is 1. The molecule has 5 heteroatoms. The number of H-pyrrole nitrogens is 1. The summed E-state index contributed by atoms with van der Waals surface area (Å²) in [4.78, 5) is 12.5. The third-order valence-corrected chi connectivity index (χ3v) is 3.78. The fraction of sp³-hybridized carbons (Fsp3) is 0.0556. The monoisotopic (exact) mass is 325 g/mol. The van der Waals surface area contributed by atoms with Gasteiger partial charge >= 0.3 is 0 Å². The molecule has 0 amide bonds. The van der Waals surface area contributed by atoms with Crippen LogP contribution in [0.5, 0.6) is 0 Å². The Morgan fingerprint density at radius 1 is 1.13 bits per heavy atom. The quantitative estimate of drug-likeness (QED) is 0.777. The zero-order valence-corrected chi connectivity index (χ0v) is 13.4. The summed E-state index contributed by atoms with van der Waals surface area (Å²) in [5.41, 5.74) is 2.60. The van der Waals surface area contributed by atoms with Crippen molar-refractivity contribution in [3.63, 3.8) is 0 Å². The Morgan fingerprint density at radius 2 is 1.78 bits per heavy atom. The maximum absolute atomic E-state index is 12.5. The lowest BCUT2D eigenvalue weighted by atomic mass is 10.2. The molecule has 3 aromatic rings. The van der Waals surface area contributed by atoms with Crippen molar-refractivity contribution in [2.24, 2.45) is 0 Å². The van der Waals surface area contributed by atoms with E-state index in [1.165, 1.54) is 4.68 Å². The summed E-state index contributed by atoms with van der Waals surface area (Å²) in [7, 11) is 0. The predicted molar refractivity (Wildman–Crippen MR) is 95.4 cm³/mol. The van der Waals surface area contributed by atoms with Crippen molar-refractivity contribution in [2.45, 2.75) is 6.92 Å².